The topological polar surface area (TPSA) is 68.3 Å². The Morgan fingerprint density at radius 3 is 1.25 bits per heavy atom. The first kappa shape index (κ1) is 39.8. The second-order valence-corrected chi connectivity index (χ2v) is 13.8. The van der Waals surface area contributed by atoms with Gasteiger partial charge in [0.05, 0.1) is 23.3 Å². The standard InChI is InChI=1S/C40H40Cl4N2O5/c1-25(50-35-21-17-31(37(41)39(35)43)33(47)19-11-27-7-13-29(14-8-27)45(3)4)23-49-24-26(2)51-36-22-18-32(38(42)40(36)44)34(48)20-12-28-9-15-30(16-10-28)46(5)6/h7-22,25-26H,23-24H2,1-6H3/b19-11+,20-12+. The van der Waals surface area contributed by atoms with Crippen molar-refractivity contribution in [2.24, 2.45) is 0 Å². The van der Waals surface area contributed by atoms with Crippen LogP contribution in [0.5, 0.6) is 11.5 Å². The van der Waals surface area contributed by atoms with Gasteiger partial charge in [0.1, 0.15) is 33.8 Å². The molecule has 0 aromatic heterocycles. The monoisotopic (exact) mass is 768 g/mol. The van der Waals surface area contributed by atoms with Crippen LogP contribution in [0.1, 0.15) is 45.7 Å². The van der Waals surface area contributed by atoms with Gasteiger partial charge in [-0.2, -0.15) is 0 Å². The Hall–Kier alpha value is -3.98. The van der Waals surface area contributed by atoms with Crippen LogP contribution in [0.2, 0.25) is 20.1 Å². The lowest BCUT2D eigenvalue weighted by Gasteiger charge is -2.20. The summed E-state index contributed by atoms with van der Waals surface area (Å²) in [7, 11) is 7.86. The number of hydrogen-bond acceptors (Lipinski definition) is 7. The number of carbonyl (C=O) groups is 2. The van der Waals surface area contributed by atoms with E-state index >= 15 is 0 Å². The van der Waals surface area contributed by atoms with E-state index in [9.17, 15) is 9.59 Å². The molecule has 0 aliphatic heterocycles. The Morgan fingerprint density at radius 1 is 0.569 bits per heavy atom. The second kappa shape index (κ2) is 18.5. The maximum absolute atomic E-state index is 12.9. The molecule has 2 atom stereocenters. The number of anilines is 2. The molecule has 0 N–H and O–H groups in total. The van der Waals surface area contributed by atoms with E-state index in [2.05, 4.69) is 0 Å². The molecule has 0 saturated heterocycles. The first-order valence-electron chi connectivity index (χ1n) is 16.1. The molecule has 0 saturated carbocycles. The maximum atomic E-state index is 12.9. The first-order chi connectivity index (χ1) is 24.2. The van der Waals surface area contributed by atoms with Crippen LogP contribution in [-0.2, 0) is 4.74 Å². The zero-order valence-electron chi connectivity index (χ0n) is 29.3. The molecule has 0 aliphatic carbocycles. The normalized spacial score (nSPS) is 12.6. The van der Waals surface area contributed by atoms with Crippen LogP contribution in [0.15, 0.2) is 84.9 Å². The van der Waals surface area contributed by atoms with Crippen LogP contribution in [0.4, 0.5) is 11.4 Å². The van der Waals surface area contributed by atoms with Crippen molar-refractivity contribution < 1.29 is 23.8 Å². The van der Waals surface area contributed by atoms with Gasteiger partial charge < -0.3 is 24.0 Å². The molecule has 0 fully saturated rings. The van der Waals surface area contributed by atoms with Gasteiger partial charge in [0, 0.05) is 50.7 Å². The van der Waals surface area contributed by atoms with E-state index < -0.39 is 12.2 Å². The fraction of sp³-hybridized carbons (Fsp3) is 0.250. The summed E-state index contributed by atoms with van der Waals surface area (Å²) >= 11 is 25.9. The second-order valence-electron chi connectivity index (χ2n) is 12.2. The smallest absolute Gasteiger partial charge is 0.187 e. The molecule has 268 valence electrons. The molecule has 11 heteroatoms. The van der Waals surface area contributed by atoms with E-state index in [-0.39, 0.29) is 56.0 Å². The molecular weight excluding hydrogens is 730 g/mol. The Morgan fingerprint density at radius 2 is 0.922 bits per heavy atom. The summed E-state index contributed by atoms with van der Waals surface area (Å²) < 4.78 is 17.7. The minimum absolute atomic E-state index is 0.107. The van der Waals surface area contributed by atoms with Gasteiger partial charge >= 0.3 is 0 Å². The number of nitrogens with zero attached hydrogens (tertiary/aromatic N) is 2. The van der Waals surface area contributed by atoms with Gasteiger partial charge in [0.15, 0.2) is 11.6 Å². The minimum atomic E-state index is -0.403. The number of ketones is 2. The van der Waals surface area contributed by atoms with Crippen LogP contribution < -0.4 is 19.3 Å². The van der Waals surface area contributed by atoms with Gasteiger partial charge in [-0.3, -0.25) is 9.59 Å². The van der Waals surface area contributed by atoms with E-state index in [1.807, 2.05) is 100 Å². The number of ether oxygens (including phenoxy) is 3. The Kier molecular flexibility index (Phi) is 14.4. The highest BCUT2D eigenvalue weighted by molar-refractivity contribution is 6.45. The number of carbonyl (C=O) groups excluding carboxylic acids is 2. The highest BCUT2D eigenvalue weighted by Crippen LogP contribution is 2.37. The molecular formula is C40H40Cl4N2O5. The van der Waals surface area contributed by atoms with E-state index in [1.54, 1.807) is 36.4 Å². The van der Waals surface area contributed by atoms with Gasteiger partial charge in [-0.1, -0.05) is 82.8 Å². The lowest BCUT2D eigenvalue weighted by atomic mass is 10.1. The quantitative estimate of drug-likeness (QED) is 0.0830. The maximum Gasteiger partial charge on any atom is 0.187 e. The molecule has 0 bridgehead atoms. The molecule has 0 aliphatic rings. The fourth-order valence-electron chi connectivity index (χ4n) is 4.82. The molecule has 0 radical (unpaired) electrons. The summed E-state index contributed by atoms with van der Waals surface area (Å²) in [6, 6.07) is 22.0. The summed E-state index contributed by atoms with van der Waals surface area (Å²) in [4.78, 5) is 29.8. The lowest BCUT2D eigenvalue weighted by Crippen LogP contribution is -2.25. The highest BCUT2D eigenvalue weighted by atomic mass is 35.5. The summed E-state index contributed by atoms with van der Waals surface area (Å²) in [5, 5.41) is 0.488. The predicted molar refractivity (Wildman–Crippen MR) is 212 cm³/mol. The van der Waals surface area contributed by atoms with E-state index in [0.717, 1.165) is 22.5 Å². The van der Waals surface area contributed by atoms with Crippen LogP contribution >= 0.6 is 46.4 Å². The summed E-state index contributed by atoms with van der Waals surface area (Å²) in [5.74, 6) is 0.0962. The predicted octanol–water partition coefficient (Wildman–Crippen LogP) is 10.5. The van der Waals surface area contributed by atoms with Crippen molar-refractivity contribution in [2.75, 3.05) is 51.2 Å². The first-order valence-corrected chi connectivity index (χ1v) is 17.6. The molecule has 0 amide bonds. The zero-order valence-corrected chi connectivity index (χ0v) is 32.3. The van der Waals surface area contributed by atoms with Crippen molar-refractivity contribution in [3.63, 3.8) is 0 Å². The third kappa shape index (κ3) is 11.0. The van der Waals surface area contributed by atoms with Crippen molar-refractivity contribution in [2.45, 2.75) is 26.1 Å². The van der Waals surface area contributed by atoms with Crippen LogP contribution in [0, 0.1) is 0 Å². The zero-order chi connectivity index (χ0) is 37.2. The summed E-state index contributed by atoms with van der Waals surface area (Å²) in [6.45, 7) is 4.06. The van der Waals surface area contributed by atoms with Crippen LogP contribution in [0.25, 0.3) is 12.2 Å². The molecule has 0 spiro atoms. The largest absolute Gasteiger partial charge is 0.487 e. The van der Waals surface area contributed by atoms with Gasteiger partial charge in [0.2, 0.25) is 0 Å². The third-order valence-corrected chi connectivity index (χ3v) is 9.39. The SMILES string of the molecule is CC(COCC(C)Oc1ccc(C(=O)/C=C/c2ccc(N(C)C)cc2)c(Cl)c1Cl)Oc1ccc(C(=O)/C=C/c2ccc(N(C)C)cc2)c(Cl)c1Cl. The van der Waals surface area contributed by atoms with Gasteiger partial charge in [0.25, 0.3) is 0 Å². The number of rotatable bonds is 16. The molecule has 51 heavy (non-hydrogen) atoms. The van der Waals surface area contributed by atoms with E-state index in [1.165, 1.54) is 12.2 Å². The number of hydrogen-bond donors (Lipinski definition) is 0. The summed E-state index contributed by atoms with van der Waals surface area (Å²) in [5.41, 5.74) is 4.42. The van der Waals surface area contributed by atoms with Gasteiger partial charge in [-0.15, -0.1) is 0 Å². The molecule has 0 heterocycles. The molecule has 4 rings (SSSR count). The Labute approximate surface area is 319 Å². The number of halogens is 4. The van der Waals surface area contributed by atoms with Crippen molar-refractivity contribution in [1.82, 2.24) is 0 Å². The molecule has 4 aromatic carbocycles. The minimum Gasteiger partial charge on any atom is -0.487 e. The van der Waals surface area contributed by atoms with Crippen molar-refractivity contribution in [3.8, 4) is 11.5 Å². The molecule has 7 nitrogen and oxygen atoms in total. The fourth-order valence-corrected chi connectivity index (χ4v) is 5.74. The Balaban J connectivity index is 1.26. The van der Waals surface area contributed by atoms with Gasteiger partial charge in [-0.25, -0.2) is 0 Å². The van der Waals surface area contributed by atoms with E-state index in [0.29, 0.717) is 11.5 Å². The van der Waals surface area contributed by atoms with Crippen molar-refractivity contribution in [3.05, 3.63) is 127 Å². The molecule has 4 aromatic rings. The number of benzene rings is 4. The summed E-state index contributed by atoms with van der Waals surface area (Å²) in [6.07, 6.45) is 5.57. The third-order valence-electron chi connectivity index (χ3n) is 7.66. The molecule has 2 unspecified atom stereocenters. The number of allylic oxidation sites excluding steroid dienone is 2. The van der Waals surface area contributed by atoms with E-state index in [4.69, 9.17) is 60.6 Å². The average molecular weight is 771 g/mol. The average Bonchev–Trinajstić information content (AvgIpc) is 3.10. The van der Waals surface area contributed by atoms with Crippen molar-refractivity contribution in [1.29, 1.82) is 0 Å². The van der Waals surface area contributed by atoms with Gasteiger partial charge in [-0.05, 0) is 85.7 Å². The van der Waals surface area contributed by atoms with Crippen molar-refractivity contribution >= 4 is 81.5 Å². The van der Waals surface area contributed by atoms with Crippen LogP contribution in [0.3, 0.4) is 0 Å². The highest BCUT2D eigenvalue weighted by Gasteiger charge is 2.19. The lowest BCUT2D eigenvalue weighted by molar-refractivity contribution is 0.0188. The van der Waals surface area contributed by atoms with Crippen LogP contribution in [-0.4, -0.2) is 65.2 Å². The Bertz CT molecular complexity index is 1750.